The Morgan fingerprint density at radius 2 is 1.95 bits per heavy atom. The predicted octanol–water partition coefficient (Wildman–Crippen LogP) is 2.00. The van der Waals surface area contributed by atoms with Gasteiger partial charge in [0.2, 0.25) is 10.0 Å². The molecule has 0 unspecified atom stereocenters. The molecule has 5 heteroatoms. The third-order valence-electron chi connectivity index (χ3n) is 3.78. The number of benzene rings is 1. The van der Waals surface area contributed by atoms with Crippen molar-refractivity contribution in [2.24, 2.45) is 11.7 Å². The molecule has 1 aromatic carbocycles. The molecule has 1 aliphatic rings. The average molecular weight is 282 g/mol. The fourth-order valence-electron chi connectivity index (χ4n) is 2.51. The molecule has 106 valence electrons. The first-order valence-corrected chi connectivity index (χ1v) is 8.31. The third-order valence-corrected chi connectivity index (χ3v) is 5.30. The van der Waals surface area contributed by atoms with Gasteiger partial charge in [0, 0.05) is 12.6 Å². The summed E-state index contributed by atoms with van der Waals surface area (Å²) in [6.45, 7) is 2.57. The van der Waals surface area contributed by atoms with Crippen molar-refractivity contribution in [1.29, 1.82) is 0 Å². The van der Waals surface area contributed by atoms with Crippen LogP contribution in [0.1, 0.15) is 38.2 Å². The molecule has 0 heterocycles. The van der Waals surface area contributed by atoms with E-state index in [1.807, 2.05) is 6.07 Å². The van der Waals surface area contributed by atoms with Gasteiger partial charge in [0.15, 0.2) is 0 Å². The lowest BCUT2D eigenvalue weighted by atomic mass is 9.88. The molecule has 0 aliphatic heterocycles. The van der Waals surface area contributed by atoms with Crippen LogP contribution < -0.4 is 10.5 Å². The van der Waals surface area contributed by atoms with Gasteiger partial charge in [-0.25, -0.2) is 13.1 Å². The van der Waals surface area contributed by atoms with Crippen LogP contribution in [0.2, 0.25) is 0 Å². The minimum absolute atomic E-state index is 0.0720. The van der Waals surface area contributed by atoms with E-state index in [0.29, 0.717) is 17.4 Å². The van der Waals surface area contributed by atoms with Crippen LogP contribution in [-0.2, 0) is 16.6 Å². The molecule has 2 rings (SSSR count). The number of rotatable bonds is 4. The Balaban J connectivity index is 2.09. The second kappa shape index (κ2) is 6.03. The first kappa shape index (κ1) is 14.5. The van der Waals surface area contributed by atoms with E-state index in [-0.39, 0.29) is 6.04 Å². The lowest BCUT2D eigenvalue weighted by Crippen LogP contribution is -2.37. The summed E-state index contributed by atoms with van der Waals surface area (Å²) in [6.07, 6.45) is 4.04. The van der Waals surface area contributed by atoms with Gasteiger partial charge in [-0.1, -0.05) is 19.1 Å². The van der Waals surface area contributed by atoms with E-state index in [0.717, 1.165) is 31.2 Å². The molecular weight excluding hydrogens is 260 g/mol. The number of hydrogen-bond donors (Lipinski definition) is 2. The first-order chi connectivity index (χ1) is 9.01. The number of hydrogen-bond acceptors (Lipinski definition) is 3. The van der Waals surface area contributed by atoms with Crippen LogP contribution in [0.3, 0.4) is 0 Å². The van der Waals surface area contributed by atoms with Crippen LogP contribution >= 0.6 is 0 Å². The third kappa shape index (κ3) is 3.78. The molecule has 0 atom stereocenters. The van der Waals surface area contributed by atoms with Crippen LogP contribution in [0.5, 0.6) is 0 Å². The zero-order chi connectivity index (χ0) is 13.9. The molecule has 0 bridgehead atoms. The predicted molar refractivity (Wildman–Crippen MR) is 76.1 cm³/mol. The molecule has 19 heavy (non-hydrogen) atoms. The first-order valence-electron chi connectivity index (χ1n) is 6.82. The standard InChI is InChI=1S/C14H22N2O2S/c1-11-5-7-13(8-6-11)16-19(17,18)14-4-2-3-12(9-14)10-15/h2-4,9,11,13,16H,5-8,10,15H2,1H3. The Bertz CT molecular complexity index is 520. The van der Waals surface area contributed by atoms with Gasteiger partial charge in [0.1, 0.15) is 0 Å². The summed E-state index contributed by atoms with van der Waals surface area (Å²) in [7, 11) is -3.42. The van der Waals surface area contributed by atoms with Gasteiger partial charge in [-0.05, 0) is 49.3 Å². The highest BCUT2D eigenvalue weighted by Gasteiger charge is 2.24. The van der Waals surface area contributed by atoms with Gasteiger partial charge in [0.05, 0.1) is 4.90 Å². The van der Waals surface area contributed by atoms with Crippen molar-refractivity contribution in [3.63, 3.8) is 0 Å². The Morgan fingerprint density at radius 1 is 1.26 bits per heavy atom. The van der Waals surface area contributed by atoms with Crippen LogP contribution in [-0.4, -0.2) is 14.5 Å². The molecule has 4 nitrogen and oxygen atoms in total. The maximum Gasteiger partial charge on any atom is 0.240 e. The van der Waals surface area contributed by atoms with E-state index >= 15 is 0 Å². The van der Waals surface area contributed by atoms with Crippen LogP contribution in [0.25, 0.3) is 0 Å². The van der Waals surface area contributed by atoms with Crippen molar-refractivity contribution in [3.8, 4) is 0 Å². The molecule has 0 amide bonds. The lowest BCUT2D eigenvalue weighted by Gasteiger charge is -2.26. The molecule has 0 radical (unpaired) electrons. The minimum Gasteiger partial charge on any atom is -0.326 e. The van der Waals surface area contributed by atoms with Gasteiger partial charge in [0.25, 0.3) is 0 Å². The van der Waals surface area contributed by atoms with Gasteiger partial charge in [-0.3, -0.25) is 0 Å². The molecule has 1 aliphatic carbocycles. The molecule has 1 saturated carbocycles. The van der Waals surface area contributed by atoms with E-state index in [1.54, 1.807) is 18.2 Å². The number of nitrogens with one attached hydrogen (secondary N) is 1. The van der Waals surface area contributed by atoms with E-state index < -0.39 is 10.0 Å². The largest absolute Gasteiger partial charge is 0.326 e. The summed E-state index contributed by atoms with van der Waals surface area (Å²) >= 11 is 0. The normalized spacial score (nSPS) is 24.3. The summed E-state index contributed by atoms with van der Waals surface area (Å²) in [5.41, 5.74) is 6.38. The van der Waals surface area contributed by atoms with Crippen molar-refractivity contribution in [2.75, 3.05) is 0 Å². The topological polar surface area (TPSA) is 72.2 Å². The molecule has 3 N–H and O–H groups in total. The average Bonchev–Trinajstić information content (AvgIpc) is 2.41. The van der Waals surface area contributed by atoms with Gasteiger partial charge in [-0.2, -0.15) is 0 Å². The fourth-order valence-corrected chi connectivity index (χ4v) is 3.88. The number of sulfonamides is 1. The van der Waals surface area contributed by atoms with Crippen molar-refractivity contribution < 1.29 is 8.42 Å². The Morgan fingerprint density at radius 3 is 2.58 bits per heavy atom. The second-order valence-electron chi connectivity index (χ2n) is 5.43. The summed E-state index contributed by atoms with van der Waals surface area (Å²) in [6, 6.07) is 6.91. The molecule has 1 fully saturated rings. The van der Waals surface area contributed by atoms with Crippen molar-refractivity contribution in [1.82, 2.24) is 4.72 Å². The monoisotopic (exact) mass is 282 g/mol. The second-order valence-corrected chi connectivity index (χ2v) is 7.14. The SMILES string of the molecule is CC1CCC(NS(=O)(=O)c2cccc(CN)c2)CC1. The van der Waals surface area contributed by atoms with Crippen LogP contribution in [0.4, 0.5) is 0 Å². The van der Waals surface area contributed by atoms with Crippen molar-refractivity contribution in [2.45, 2.75) is 50.1 Å². The maximum absolute atomic E-state index is 12.3. The molecule has 1 aromatic rings. The number of nitrogens with two attached hydrogens (primary N) is 1. The van der Waals surface area contributed by atoms with Gasteiger partial charge in [-0.15, -0.1) is 0 Å². The summed E-state index contributed by atoms with van der Waals surface area (Å²) in [5, 5.41) is 0. The molecule has 0 spiro atoms. The van der Waals surface area contributed by atoms with E-state index in [4.69, 9.17) is 5.73 Å². The fraction of sp³-hybridized carbons (Fsp3) is 0.571. The highest BCUT2D eigenvalue weighted by atomic mass is 32.2. The van der Waals surface area contributed by atoms with Crippen LogP contribution in [0.15, 0.2) is 29.2 Å². The lowest BCUT2D eigenvalue weighted by molar-refractivity contribution is 0.332. The zero-order valence-corrected chi connectivity index (χ0v) is 12.1. The highest BCUT2D eigenvalue weighted by molar-refractivity contribution is 7.89. The van der Waals surface area contributed by atoms with E-state index in [1.165, 1.54) is 0 Å². The maximum atomic E-state index is 12.3. The molecular formula is C14H22N2O2S. The molecule has 0 aromatic heterocycles. The minimum atomic E-state index is -3.42. The van der Waals surface area contributed by atoms with Crippen LogP contribution in [0, 0.1) is 5.92 Å². The Labute approximate surface area is 115 Å². The van der Waals surface area contributed by atoms with Gasteiger partial charge >= 0.3 is 0 Å². The van der Waals surface area contributed by atoms with E-state index in [9.17, 15) is 8.42 Å². The highest BCUT2D eigenvalue weighted by Crippen LogP contribution is 2.24. The van der Waals surface area contributed by atoms with E-state index in [2.05, 4.69) is 11.6 Å². The van der Waals surface area contributed by atoms with Crippen molar-refractivity contribution in [3.05, 3.63) is 29.8 Å². The quantitative estimate of drug-likeness (QED) is 0.887. The van der Waals surface area contributed by atoms with Crippen molar-refractivity contribution >= 4 is 10.0 Å². The smallest absolute Gasteiger partial charge is 0.240 e. The summed E-state index contributed by atoms with van der Waals surface area (Å²) in [5.74, 6) is 0.710. The summed E-state index contributed by atoms with van der Waals surface area (Å²) < 4.78 is 27.4. The Kier molecular flexibility index (Phi) is 4.60. The molecule has 0 saturated heterocycles. The summed E-state index contributed by atoms with van der Waals surface area (Å²) in [4.78, 5) is 0.314. The van der Waals surface area contributed by atoms with Gasteiger partial charge < -0.3 is 5.73 Å². The zero-order valence-electron chi connectivity index (χ0n) is 11.3. The Hall–Kier alpha value is -0.910.